The molecule has 1 saturated heterocycles. The summed E-state index contributed by atoms with van der Waals surface area (Å²) < 4.78 is 1.07. The first kappa shape index (κ1) is 14.3. The molecule has 5 heteroatoms. The summed E-state index contributed by atoms with van der Waals surface area (Å²) in [6.07, 6.45) is 1.20. The average molecular weight is 354 g/mol. The van der Waals surface area contributed by atoms with E-state index in [0.29, 0.717) is 5.96 Å². The topological polar surface area (TPSA) is 41.6 Å². The Kier molecular flexibility index (Phi) is 3.53. The predicted octanol–water partition coefficient (Wildman–Crippen LogP) is 3.49. The summed E-state index contributed by atoms with van der Waals surface area (Å²) in [7, 11) is 0. The molecule has 1 aromatic rings. The minimum atomic E-state index is -0.0100. The number of nitrogens with zero attached hydrogens (tertiary/aromatic N) is 2. The second-order valence-corrected chi connectivity index (χ2v) is 8.14. The van der Waals surface area contributed by atoms with E-state index in [0.717, 1.165) is 22.5 Å². The third-order valence-corrected chi connectivity index (χ3v) is 6.57. The molecule has 1 aromatic carbocycles. The van der Waals surface area contributed by atoms with Crippen molar-refractivity contribution in [3.8, 4) is 0 Å². The van der Waals surface area contributed by atoms with E-state index < -0.39 is 0 Å². The number of para-hydroxylation sites is 1. The van der Waals surface area contributed by atoms with Crippen LogP contribution in [-0.4, -0.2) is 29.5 Å². The quantitative estimate of drug-likeness (QED) is 0.840. The van der Waals surface area contributed by atoms with Crippen LogP contribution in [0.15, 0.2) is 33.7 Å². The molecular weight excluding hydrogens is 334 g/mol. The van der Waals surface area contributed by atoms with Crippen molar-refractivity contribution in [2.45, 2.75) is 25.8 Å². The number of halogens is 1. The Hall–Kier alpha value is -0.680. The van der Waals surface area contributed by atoms with Gasteiger partial charge in [0.05, 0.1) is 17.8 Å². The van der Waals surface area contributed by atoms with Crippen LogP contribution in [0.3, 0.4) is 0 Å². The van der Waals surface area contributed by atoms with Crippen LogP contribution in [0.5, 0.6) is 0 Å². The Morgan fingerprint density at radius 3 is 2.80 bits per heavy atom. The van der Waals surface area contributed by atoms with E-state index in [1.165, 1.54) is 12.2 Å². The van der Waals surface area contributed by atoms with E-state index in [2.05, 4.69) is 57.9 Å². The van der Waals surface area contributed by atoms with Crippen LogP contribution in [0.1, 0.15) is 20.3 Å². The molecule has 0 aliphatic carbocycles. The van der Waals surface area contributed by atoms with Crippen molar-refractivity contribution in [1.29, 1.82) is 0 Å². The Balaban J connectivity index is 2.11. The largest absolute Gasteiger partial charge is 0.369 e. The van der Waals surface area contributed by atoms with Crippen LogP contribution in [0.25, 0.3) is 0 Å². The highest BCUT2D eigenvalue weighted by atomic mass is 79.9. The van der Waals surface area contributed by atoms with Gasteiger partial charge in [-0.05, 0) is 45.7 Å². The van der Waals surface area contributed by atoms with E-state index in [-0.39, 0.29) is 11.0 Å². The molecule has 3 nitrogen and oxygen atoms in total. The summed E-state index contributed by atoms with van der Waals surface area (Å²) in [6, 6.07) is 8.28. The van der Waals surface area contributed by atoms with E-state index in [1.54, 1.807) is 0 Å². The molecule has 0 radical (unpaired) electrons. The fourth-order valence-electron chi connectivity index (χ4n) is 3.18. The van der Waals surface area contributed by atoms with Gasteiger partial charge in [0.2, 0.25) is 0 Å². The normalized spacial score (nSPS) is 28.8. The van der Waals surface area contributed by atoms with Gasteiger partial charge >= 0.3 is 0 Å². The fraction of sp³-hybridized carbons (Fsp3) is 0.533. The van der Waals surface area contributed by atoms with Crippen molar-refractivity contribution >= 4 is 39.3 Å². The lowest BCUT2D eigenvalue weighted by Gasteiger charge is -2.52. The molecule has 2 aliphatic heterocycles. The molecule has 108 valence electrons. The van der Waals surface area contributed by atoms with Crippen LogP contribution in [0.2, 0.25) is 0 Å². The standard InChI is InChI=1S/C15H20BrN3S/c1-14(2)7-8-20-10-15(14)9-18-13(17)19(15)12-6-4-3-5-11(12)16/h3-6H,7-10H2,1-2H3,(H2,17,18). The van der Waals surface area contributed by atoms with Gasteiger partial charge in [0.15, 0.2) is 5.96 Å². The molecule has 1 spiro atoms. The van der Waals surface area contributed by atoms with Crippen LogP contribution in [0.4, 0.5) is 5.69 Å². The van der Waals surface area contributed by atoms with Crippen LogP contribution in [-0.2, 0) is 0 Å². The van der Waals surface area contributed by atoms with Gasteiger partial charge in [-0.15, -0.1) is 0 Å². The lowest BCUT2D eigenvalue weighted by molar-refractivity contribution is 0.192. The molecule has 2 aliphatic rings. The van der Waals surface area contributed by atoms with E-state index in [4.69, 9.17) is 5.73 Å². The number of hydrogen-bond acceptors (Lipinski definition) is 4. The van der Waals surface area contributed by atoms with Gasteiger partial charge in [0.1, 0.15) is 0 Å². The first-order valence-corrected chi connectivity index (χ1v) is 8.85. The number of anilines is 1. The molecule has 2 heterocycles. The minimum Gasteiger partial charge on any atom is -0.369 e. The van der Waals surface area contributed by atoms with Gasteiger partial charge in [-0.3, -0.25) is 4.99 Å². The Labute approximate surface area is 133 Å². The molecule has 1 atom stereocenters. The average Bonchev–Trinajstić information content (AvgIpc) is 2.73. The van der Waals surface area contributed by atoms with Crippen LogP contribution >= 0.6 is 27.7 Å². The summed E-state index contributed by atoms with van der Waals surface area (Å²) in [6.45, 7) is 5.50. The Morgan fingerprint density at radius 1 is 1.35 bits per heavy atom. The molecule has 0 saturated carbocycles. The van der Waals surface area contributed by atoms with Crippen molar-refractivity contribution in [2.24, 2.45) is 16.1 Å². The Morgan fingerprint density at radius 2 is 2.10 bits per heavy atom. The predicted molar refractivity (Wildman–Crippen MR) is 91.6 cm³/mol. The number of thioether (sulfide) groups is 1. The van der Waals surface area contributed by atoms with E-state index >= 15 is 0 Å². The highest BCUT2D eigenvalue weighted by Gasteiger charge is 2.55. The maximum Gasteiger partial charge on any atom is 0.196 e. The summed E-state index contributed by atoms with van der Waals surface area (Å²) in [5, 5.41) is 0. The molecule has 20 heavy (non-hydrogen) atoms. The maximum absolute atomic E-state index is 6.25. The van der Waals surface area contributed by atoms with Gasteiger partial charge in [-0.1, -0.05) is 26.0 Å². The molecule has 1 unspecified atom stereocenters. The van der Waals surface area contributed by atoms with Crippen molar-refractivity contribution < 1.29 is 0 Å². The van der Waals surface area contributed by atoms with Gasteiger partial charge in [-0.2, -0.15) is 11.8 Å². The van der Waals surface area contributed by atoms with Crippen LogP contribution < -0.4 is 10.6 Å². The zero-order chi connectivity index (χ0) is 14.4. The molecule has 0 bridgehead atoms. The summed E-state index contributed by atoms with van der Waals surface area (Å²) >= 11 is 5.68. The van der Waals surface area contributed by atoms with Crippen molar-refractivity contribution in [1.82, 2.24) is 0 Å². The first-order valence-electron chi connectivity index (χ1n) is 6.90. The summed E-state index contributed by atoms with van der Waals surface area (Å²) in [5.41, 5.74) is 7.56. The zero-order valence-corrected chi connectivity index (χ0v) is 14.3. The van der Waals surface area contributed by atoms with Gasteiger partial charge in [-0.25, -0.2) is 0 Å². The zero-order valence-electron chi connectivity index (χ0n) is 11.9. The summed E-state index contributed by atoms with van der Waals surface area (Å²) in [5.74, 6) is 2.94. The third kappa shape index (κ3) is 1.98. The molecule has 2 N–H and O–H groups in total. The number of guanidine groups is 1. The SMILES string of the molecule is CC1(C)CCSCC12CN=C(N)N2c1ccccc1Br. The number of hydrogen-bond donors (Lipinski definition) is 1. The molecule has 0 aromatic heterocycles. The van der Waals surface area contributed by atoms with Crippen LogP contribution in [0, 0.1) is 5.41 Å². The lowest BCUT2D eigenvalue weighted by atomic mass is 9.70. The monoisotopic (exact) mass is 353 g/mol. The smallest absolute Gasteiger partial charge is 0.196 e. The lowest BCUT2D eigenvalue weighted by Crippen LogP contribution is -2.63. The molecule has 0 amide bonds. The second kappa shape index (κ2) is 4.95. The Bertz CT molecular complexity index is 558. The third-order valence-electron chi connectivity index (χ3n) is 4.73. The highest BCUT2D eigenvalue weighted by molar-refractivity contribution is 9.10. The van der Waals surface area contributed by atoms with Gasteiger partial charge < -0.3 is 10.6 Å². The molecule has 1 fully saturated rings. The first-order chi connectivity index (χ1) is 9.48. The number of aliphatic imine (C=N–C) groups is 1. The van der Waals surface area contributed by atoms with Crippen molar-refractivity contribution in [2.75, 3.05) is 23.0 Å². The summed E-state index contributed by atoms with van der Waals surface area (Å²) in [4.78, 5) is 6.86. The molecular formula is C15H20BrN3S. The number of benzene rings is 1. The maximum atomic E-state index is 6.25. The van der Waals surface area contributed by atoms with Crippen molar-refractivity contribution in [3.05, 3.63) is 28.7 Å². The second-order valence-electron chi connectivity index (χ2n) is 6.18. The van der Waals surface area contributed by atoms with Gasteiger partial charge in [0, 0.05) is 10.2 Å². The van der Waals surface area contributed by atoms with E-state index in [1.807, 2.05) is 17.8 Å². The minimum absolute atomic E-state index is 0.0100. The van der Waals surface area contributed by atoms with Crippen molar-refractivity contribution in [3.63, 3.8) is 0 Å². The fourth-order valence-corrected chi connectivity index (χ4v) is 5.39. The molecule has 3 rings (SSSR count). The number of nitrogens with two attached hydrogens (primary N) is 1. The number of rotatable bonds is 1. The highest BCUT2D eigenvalue weighted by Crippen LogP contribution is 2.50. The van der Waals surface area contributed by atoms with E-state index in [9.17, 15) is 0 Å². The van der Waals surface area contributed by atoms with Gasteiger partial charge in [0.25, 0.3) is 0 Å².